The average molecular weight is 531 g/mol. The first-order valence-electron chi connectivity index (χ1n) is 13.2. The maximum Gasteiger partial charge on any atom is 0.416 e. The molecule has 2 aliphatic rings. The summed E-state index contributed by atoms with van der Waals surface area (Å²) in [6.45, 7) is 10.9. The number of carbonyl (C=O) groups is 2. The number of amides is 1. The van der Waals surface area contributed by atoms with Crippen LogP contribution in [0.5, 0.6) is 0 Å². The molecule has 0 radical (unpaired) electrons. The van der Waals surface area contributed by atoms with Crippen LogP contribution >= 0.6 is 0 Å². The van der Waals surface area contributed by atoms with E-state index in [1.165, 1.54) is 24.3 Å². The Balaban J connectivity index is 0.00000195. The molecule has 38 heavy (non-hydrogen) atoms. The van der Waals surface area contributed by atoms with E-state index in [4.69, 9.17) is 10.1 Å². The van der Waals surface area contributed by atoms with Gasteiger partial charge in [-0.15, -0.1) is 0 Å². The number of halogens is 3. The van der Waals surface area contributed by atoms with E-state index in [9.17, 15) is 22.8 Å². The van der Waals surface area contributed by atoms with E-state index in [-0.39, 0.29) is 28.2 Å². The monoisotopic (exact) mass is 530 g/mol. The molecule has 1 amide bonds. The third-order valence-electron chi connectivity index (χ3n) is 7.57. The summed E-state index contributed by atoms with van der Waals surface area (Å²) in [6.07, 6.45) is -0.966. The molecule has 1 spiro atoms. The Kier molecular flexibility index (Phi) is 8.74. The van der Waals surface area contributed by atoms with Crippen molar-refractivity contribution in [2.45, 2.75) is 78.6 Å². The minimum absolute atomic E-state index is 0.0801. The zero-order chi connectivity index (χ0) is 28.3. The van der Waals surface area contributed by atoms with E-state index in [2.05, 4.69) is 20.8 Å². The van der Waals surface area contributed by atoms with Crippen LogP contribution in [0.3, 0.4) is 0 Å². The number of hydrogen-bond donors (Lipinski definition) is 1. The molecule has 206 valence electrons. The molecule has 8 heteroatoms. The van der Waals surface area contributed by atoms with Crippen LogP contribution in [-0.4, -0.2) is 39.8 Å². The Morgan fingerprint density at radius 3 is 2.18 bits per heavy atom. The summed E-state index contributed by atoms with van der Waals surface area (Å²) in [4.78, 5) is 31.3. The predicted molar refractivity (Wildman–Crippen MR) is 142 cm³/mol. The van der Waals surface area contributed by atoms with E-state index >= 15 is 0 Å². The fourth-order valence-corrected chi connectivity index (χ4v) is 5.36. The van der Waals surface area contributed by atoms with Crippen molar-refractivity contribution in [1.29, 1.82) is 0 Å². The third kappa shape index (κ3) is 6.27. The van der Waals surface area contributed by atoms with Crippen LogP contribution in [0, 0.1) is 11.3 Å². The smallest absolute Gasteiger partial charge is 0.416 e. The lowest BCUT2D eigenvalue weighted by molar-refractivity contribution is -0.137. The molecule has 1 saturated carbocycles. The number of hydrogen-bond acceptors (Lipinski definition) is 3. The van der Waals surface area contributed by atoms with Gasteiger partial charge in [0.15, 0.2) is 0 Å². The highest BCUT2D eigenvalue weighted by Gasteiger charge is 2.50. The van der Waals surface area contributed by atoms with Crippen molar-refractivity contribution in [3.05, 3.63) is 70.8 Å². The Bertz CT molecular complexity index is 1170. The van der Waals surface area contributed by atoms with Gasteiger partial charge in [-0.05, 0) is 73.3 Å². The Hall–Kier alpha value is -3.16. The molecule has 0 bridgehead atoms. The number of rotatable bonds is 5. The SMILES string of the molecule is CC.CC(C)(C)C1CCC2(CC1)N=C(c1cccc(C(F)(F)F)c1)C(=O)N2CCc1ccc(C(=O)O)cc1. The van der Waals surface area contributed by atoms with Crippen molar-refractivity contribution in [3.8, 4) is 0 Å². The minimum atomic E-state index is -4.51. The summed E-state index contributed by atoms with van der Waals surface area (Å²) >= 11 is 0. The fourth-order valence-electron chi connectivity index (χ4n) is 5.36. The second-order valence-electron chi connectivity index (χ2n) is 10.9. The first-order chi connectivity index (χ1) is 17.8. The van der Waals surface area contributed by atoms with Gasteiger partial charge in [-0.3, -0.25) is 9.79 Å². The lowest BCUT2D eigenvalue weighted by Crippen LogP contribution is -2.50. The van der Waals surface area contributed by atoms with Crippen LogP contribution in [0.25, 0.3) is 0 Å². The van der Waals surface area contributed by atoms with Crippen molar-refractivity contribution >= 4 is 17.6 Å². The molecule has 0 aromatic heterocycles. The van der Waals surface area contributed by atoms with Crippen molar-refractivity contribution in [2.24, 2.45) is 16.3 Å². The van der Waals surface area contributed by atoms with Gasteiger partial charge in [-0.1, -0.05) is 58.9 Å². The number of alkyl halides is 3. The summed E-state index contributed by atoms with van der Waals surface area (Å²) in [6, 6.07) is 11.3. The number of aliphatic imine (C=N–C) groups is 1. The molecule has 1 aliphatic heterocycles. The van der Waals surface area contributed by atoms with E-state index in [1.54, 1.807) is 17.0 Å². The van der Waals surface area contributed by atoms with Crippen LogP contribution in [0.2, 0.25) is 0 Å². The van der Waals surface area contributed by atoms with Crippen LogP contribution < -0.4 is 0 Å². The van der Waals surface area contributed by atoms with Gasteiger partial charge in [0.05, 0.1) is 11.1 Å². The number of carboxylic acids is 1. The highest BCUT2D eigenvalue weighted by molar-refractivity contribution is 6.46. The van der Waals surface area contributed by atoms with Crippen molar-refractivity contribution in [3.63, 3.8) is 0 Å². The number of carboxylic acid groups (broad SMARTS) is 1. The number of carbonyl (C=O) groups excluding carboxylic acids is 1. The molecular weight excluding hydrogens is 493 g/mol. The molecule has 1 aliphatic carbocycles. The predicted octanol–water partition coefficient (Wildman–Crippen LogP) is 7.24. The number of benzene rings is 2. The second-order valence-corrected chi connectivity index (χ2v) is 10.9. The lowest BCUT2D eigenvalue weighted by Gasteiger charge is -2.45. The van der Waals surface area contributed by atoms with Gasteiger partial charge in [-0.2, -0.15) is 13.2 Å². The van der Waals surface area contributed by atoms with Gasteiger partial charge in [0.2, 0.25) is 0 Å². The van der Waals surface area contributed by atoms with Gasteiger partial charge in [-0.25, -0.2) is 4.79 Å². The normalized spacial score (nSPS) is 21.7. The minimum Gasteiger partial charge on any atom is -0.478 e. The average Bonchev–Trinajstić information content (AvgIpc) is 3.14. The third-order valence-corrected chi connectivity index (χ3v) is 7.57. The van der Waals surface area contributed by atoms with E-state index in [0.29, 0.717) is 31.7 Å². The van der Waals surface area contributed by atoms with Gasteiger partial charge >= 0.3 is 12.1 Å². The molecule has 4 rings (SSSR count). The molecule has 0 saturated heterocycles. The molecule has 0 unspecified atom stereocenters. The van der Waals surface area contributed by atoms with Crippen LogP contribution in [0.1, 0.15) is 87.4 Å². The summed E-state index contributed by atoms with van der Waals surface area (Å²) in [5, 5.41) is 9.13. The Morgan fingerprint density at radius 1 is 1.05 bits per heavy atom. The first kappa shape index (κ1) is 29.4. The van der Waals surface area contributed by atoms with Gasteiger partial charge in [0, 0.05) is 12.1 Å². The molecule has 1 N–H and O–H groups in total. The fraction of sp³-hybridized carbons (Fsp3) is 0.500. The summed E-state index contributed by atoms with van der Waals surface area (Å²) in [5.74, 6) is -0.896. The second kappa shape index (κ2) is 11.3. The van der Waals surface area contributed by atoms with Crippen LogP contribution in [-0.2, 0) is 17.4 Å². The molecule has 1 heterocycles. The zero-order valence-electron chi connectivity index (χ0n) is 22.7. The van der Waals surface area contributed by atoms with E-state index < -0.39 is 23.4 Å². The molecule has 0 atom stereocenters. The molecule has 2 aromatic carbocycles. The van der Waals surface area contributed by atoms with Crippen molar-refractivity contribution in [2.75, 3.05) is 6.54 Å². The zero-order valence-corrected chi connectivity index (χ0v) is 22.7. The molecular formula is C30H37F3N2O3. The maximum absolute atomic E-state index is 13.6. The van der Waals surface area contributed by atoms with E-state index in [0.717, 1.165) is 30.5 Å². The largest absolute Gasteiger partial charge is 0.478 e. The quantitative estimate of drug-likeness (QED) is 0.443. The standard InChI is InChI=1S/C28H31F3N2O3.C2H6/c1-26(2,3)21-11-14-27(15-12-21)32-23(20-5-4-6-22(17-20)28(29,30)31)24(34)33(27)16-13-18-7-9-19(10-8-18)25(35)36;1-2/h4-10,17,21H,11-16H2,1-3H3,(H,35,36);1-2H3. The summed E-state index contributed by atoms with van der Waals surface area (Å²) < 4.78 is 40.0. The Morgan fingerprint density at radius 2 is 1.66 bits per heavy atom. The van der Waals surface area contributed by atoms with Crippen molar-refractivity contribution in [1.82, 2.24) is 4.90 Å². The number of nitrogens with zero attached hydrogens (tertiary/aromatic N) is 2. The molecule has 2 aromatic rings. The lowest BCUT2D eigenvalue weighted by atomic mass is 9.69. The first-order valence-corrected chi connectivity index (χ1v) is 13.2. The maximum atomic E-state index is 13.6. The van der Waals surface area contributed by atoms with Gasteiger partial charge in [0.25, 0.3) is 5.91 Å². The topological polar surface area (TPSA) is 70.0 Å². The van der Waals surface area contributed by atoms with Crippen molar-refractivity contribution < 1.29 is 27.9 Å². The van der Waals surface area contributed by atoms with Crippen LogP contribution in [0.15, 0.2) is 53.5 Å². The van der Waals surface area contributed by atoms with Crippen LogP contribution in [0.4, 0.5) is 13.2 Å². The highest BCUT2D eigenvalue weighted by atomic mass is 19.4. The van der Waals surface area contributed by atoms with E-state index in [1.807, 2.05) is 13.8 Å². The van der Waals surface area contributed by atoms with Gasteiger partial charge < -0.3 is 10.0 Å². The summed E-state index contributed by atoms with van der Waals surface area (Å²) in [5.41, 5.74) is -0.144. The summed E-state index contributed by atoms with van der Waals surface area (Å²) in [7, 11) is 0. The molecule has 5 nitrogen and oxygen atoms in total. The Labute approximate surface area is 222 Å². The van der Waals surface area contributed by atoms with Gasteiger partial charge in [0.1, 0.15) is 11.4 Å². The number of aromatic carboxylic acids is 1. The highest BCUT2D eigenvalue weighted by Crippen LogP contribution is 2.46. The molecule has 1 fully saturated rings.